The van der Waals surface area contributed by atoms with Crippen molar-refractivity contribution in [1.29, 1.82) is 0 Å². The summed E-state index contributed by atoms with van der Waals surface area (Å²) < 4.78 is 44.1. The number of hydrogen-bond donors (Lipinski definition) is 1. The average molecular weight is 353 g/mol. The molecule has 1 aliphatic rings. The van der Waals surface area contributed by atoms with Gasteiger partial charge in [0.05, 0.1) is 30.0 Å². The van der Waals surface area contributed by atoms with Crippen molar-refractivity contribution in [3.8, 4) is 0 Å². The van der Waals surface area contributed by atoms with Crippen molar-refractivity contribution in [3.63, 3.8) is 0 Å². The fourth-order valence-electron chi connectivity index (χ4n) is 2.90. The first-order valence-electron chi connectivity index (χ1n) is 7.91. The van der Waals surface area contributed by atoms with E-state index in [4.69, 9.17) is 4.74 Å². The van der Waals surface area contributed by atoms with Gasteiger partial charge in [0.1, 0.15) is 0 Å². The molecular formula is C17H18F3N3O2. The van der Waals surface area contributed by atoms with E-state index < -0.39 is 11.7 Å². The summed E-state index contributed by atoms with van der Waals surface area (Å²) in [7, 11) is 0. The van der Waals surface area contributed by atoms with Crippen molar-refractivity contribution >= 4 is 5.91 Å². The van der Waals surface area contributed by atoms with Crippen LogP contribution in [0.2, 0.25) is 0 Å². The second-order valence-electron chi connectivity index (χ2n) is 6.05. The second kappa shape index (κ2) is 6.87. The number of hydrogen-bond acceptors (Lipinski definition) is 3. The maximum Gasteiger partial charge on any atom is 0.416 e. The van der Waals surface area contributed by atoms with E-state index >= 15 is 0 Å². The number of H-pyrrole nitrogens is 1. The maximum atomic E-state index is 12.8. The lowest BCUT2D eigenvalue weighted by Gasteiger charge is -2.33. The molecule has 1 atom stereocenters. The minimum Gasteiger partial charge on any atom is -0.374 e. The first-order chi connectivity index (χ1) is 11.8. The van der Waals surface area contributed by atoms with Crippen LogP contribution < -0.4 is 0 Å². The summed E-state index contributed by atoms with van der Waals surface area (Å²) >= 11 is 0. The molecule has 3 rings (SSSR count). The zero-order valence-electron chi connectivity index (χ0n) is 13.6. The molecule has 1 aromatic heterocycles. The minimum atomic E-state index is -4.37. The Morgan fingerprint density at radius 3 is 2.92 bits per heavy atom. The molecule has 2 aromatic rings. The molecule has 1 N–H and O–H groups in total. The van der Waals surface area contributed by atoms with E-state index in [1.807, 2.05) is 0 Å². The highest BCUT2D eigenvalue weighted by Crippen LogP contribution is 2.30. The molecular weight excluding hydrogens is 335 g/mol. The number of aromatic amines is 1. The maximum absolute atomic E-state index is 12.8. The molecule has 8 heteroatoms. The van der Waals surface area contributed by atoms with E-state index in [1.54, 1.807) is 17.9 Å². The van der Waals surface area contributed by atoms with Gasteiger partial charge in [-0.25, -0.2) is 0 Å². The van der Waals surface area contributed by atoms with Gasteiger partial charge < -0.3 is 9.64 Å². The van der Waals surface area contributed by atoms with Crippen molar-refractivity contribution in [2.75, 3.05) is 19.7 Å². The van der Waals surface area contributed by atoms with E-state index in [9.17, 15) is 18.0 Å². The SMILES string of the molecule is Cc1[nH]ncc1C(=O)N1CCO[C@@H](Cc2cccc(C(F)(F)F)c2)C1. The lowest BCUT2D eigenvalue weighted by molar-refractivity contribution is -0.137. The first-order valence-corrected chi connectivity index (χ1v) is 7.91. The van der Waals surface area contributed by atoms with Gasteiger partial charge in [0, 0.05) is 25.2 Å². The number of rotatable bonds is 3. The summed E-state index contributed by atoms with van der Waals surface area (Å²) in [6.45, 7) is 2.90. The molecule has 1 aromatic carbocycles. The van der Waals surface area contributed by atoms with Crippen molar-refractivity contribution < 1.29 is 22.7 Å². The molecule has 1 aliphatic heterocycles. The normalized spacial score (nSPS) is 18.4. The van der Waals surface area contributed by atoms with Crippen molar-refractivity contribution in [2.24, 2.45) is 0 Å². The Morgan fingerprint density at radius 2 is 2.24 bits per heavy atom. The molecule has 0 spiro atoms. The van der Waals surface area contributed by atoms with Crippen molar-refractivity contribution in [3.05, 3.63) is 52.8 Å². The number of aryl methyl sites for hydroxylation is 1. The quantitative estimate of drug-likeness (QED) is 0.923. The van der Waals surface area contributed by atoms with E-state index in [2.05, 4.69) is 10.2 Å². The van der Waals surface area contributed by atoms with Crippen LogP contribution in [-0.4, -0.2) is 46.8 Å². The number of aromatic nitrogens is 2. The number of benzene rings is 1. The number of carbonyl (C=O) groups is 1. The lowest BCUT2D eigenvalue weighted by atomic mass is 10.0. The second-order valence-corrected chi connectivity index (χ2v) is 6.05. The Labute approximate surface area is 142 Å². The van der Waals surface area contributed by atoms with Gasteiger partial charge in [0.15, 0.2) is 0 Å². The molecule has 0 bridgehead atoms. The molecule has 0 aliphatic carbocycles. The Balaban J connectivity index is 1.68. The standard InChI is InChI=1S/C17H18F3N3O2/c1-11-15(9-21-22-11)16(24)23-5-6-25-14(10-23)8-12-3-2-4-13(7-12)17(18,19)20/h2-4,7,9,14H,5-6,8,10H2,1H3,(H,21,22)/t14-/m0/s1. The number of alkyl halides is 3. The Kier molecular flexibility index (Phi) is 4.80. The number of amides is 1. The molecule has 1 saturated heterocycles. The molecule has 0 saturated carbocycles. The summed E-state index contributed by atoms with van der Waals surface area (Å²) in [4.78, 5) is 14.2. The third-order valence-electron chi connectivity index (χ3n) is 4.20. The van der Waals surface area contributed by atoms with Crippen LogP contribution in [0.3, 0.4) is 0 Å². The van der Waals surface area contributed by atoms with E-state index in [0.29, 0.717) is 42.9 Å². The van der Waals surface area contributed by atoms with Crippen LogP contribution >= 0.6 is 0 Å². The van der Waals surface area contributed by atoms with E-state index in [-0.39, 0.29) is 12.0 Å². The summed E-state index contributed by atoms with van der Waals surface area (Å²) in [5.74, 6) is -0.149. The van der Waals surface area contributed by atoms with Crippen molar-refractivity contribution in [2.45, 2.75) is 25.6 Å². The topological polar surface area (TPSA) is 58.2 Å². The van der Waals surface area contributed by atoms with Crippen LogP contribution in [0.1, 0.15) is 27.2 Å². The van der Waals surface area contributed by atoms with Gasteiger partial charge in [-0.15, -0.1) is 0 Å². The number of ether oxygens (including phenoxy) is 1. The zero-order valence-corrected chi connectivity index (χ0v) is 13.6. The van der Waals surface area contributed by atoms with Crippen molar-refractivity contribution in [1.82, 2.24) is 15.1 Å². The van der Waals surface area contributed by atoms with Gasteiger partial charge in [0.25, 0.3) is 5.91 Å². The van der Waals surface area contributed by atoms with E-state index in [1.165, 1.54) is 12.3 Å². The predicted molar refractivity (Wildman–Crippen MR) is 84.1 cm³/mol. The number of nitrogens with one attached hydrogen (secondary N) is 1. The molecule has 0 radical (unpaired) electrons. The number of halogens is 3. The highest BCUT2D eigenvalue weighted by molar-refractivity contribution is 5.95. The van der Waals surface area contributed by atoms with Gasteiger partial charge in [0.2, 0.25) is 0 Å². The monoisotopic (exact) mass is 353 g/mol. The van der Waals surface area contributed by atoms with Crippen LogP contribution in [0.25, 0.3) is 0 Å². The molecule has 0 unspecified atom stereocenters. The van der Waals surface area contributed by atoms with Gasteiger partial charge in [-0.3, -0.25) is 9.89 Å². The summed E-state index contributed by atoms with van der Waals surface area (Å²) in [6.07, 6.45) is -2.91. The van der Waals surface area contributed by atoms with Crippen LogP contribution in [0.5, 0.6) is 0 Å². The third-order valence-corrected chi connectivity index (χ3v) is 4.20. The molecule has 1 amide bonds. The highest BCUT2D eigenvalue weighted by Gasteiger charge is 2.31. The Morgan fingerprint density at radius 1 is 1.44 bits per heavy atom. The molecule has 134 valence electrons. The average Bonchev–Trinajstić information content (AvgIpc) is 3.00. The Hall–Kier alpha value is -2.35. The molecule has 1 fully saturated rings. The number of carbonyl (C=O) groups excluding carboxylic acids is 1. The van der Waals surface area contributed by atoms with Gasteiger partial charge in [-0.2, -0.15) is 18.3 Å². The number of nitrogens with zero attached hydrogens (tertiary/aromatic N) is 2. The summed E-state index contributed by atoms with van der Waals surface area (Å²) in [5.41, 5.74) is 1.04. The summed E-state index contributed by atoms with van der Waals surface area (Å²) in [5, 5.41) is 6.57. The van der Waals surface area contributed by atoms with Crippen LogP contribution in [0.4, 0.5) is 13.2 Å². The first kappa shape index (κ1) is 17.5. The van der Waals surface area contributed by atoms with Crippen LogP contribution in [-0.2, 0) is 17.3 Å². The predicted octanol–water partition coefficient (Wildman–Crippen LogP) is 2.82. The largest absolute Gasteiger partial charge is 0.416 e. The fraction of sp³-hybridized carbons (Fsp3) is 0.412. The third kappa shape index (κ3) is 4.01. The van der Waals surface area contributed by atoms with Crippen LogP contribution in [0.15, 0.2) is 30.5 Å². The summed E-state index contributed by atoms with van der Waals surface area (Å²) in [6, 6.07) is 5.20. The zero-order chi connectivity index (χ0) is 18.0. The molecule has 25 heavy (non-hydrogen) atoms. The van der Waals surface area contributed by atoms with Gasteiger partial charge >= 0.3 is 6.18 Å². The Bertz CT molecular complexity index is 758. The lowest BCUT2D eigenvalue weighted by Crippen LogP contribution is -2.46. The smallest absolute Gasteiger partial charge is 0.374 e. The minimum absolute atomic E-state index is 0.149. The van der Waals surface area contributed by atoms with Crippen LogP contribution in [0, 0.1) is 6.92 Å². The highest BCUT2D eigenvalue weighted by atomic mass is 19.4. The van der Waals surface area contributed by atoms with E-state index in [0.717, 1.165) is 12.1 Å². The fourth-order valence-corrected chi connectivity index (χ4v) is 2.90. The molecule has 5 nitrogen and oxygen atoms in total. The molecule has 2 heterocycles. The number of morpholine rings is 1. The van der Waals surface area contributed by atoms with Gasteiger partial charge in [-0.05, 0) is 18.6 Å². The van der Waals surface area contributed by atoms with Gasteiger partial charge in [-0.1, -0.05) is 18.2 Å².